The van der Waals surface area contributed by atoms with E-state index in [4.69, 9.17) is 4.42 Å². The normalized spacial score (nSPS) is 12.0. The summed E-state index contributed by atoms with van der Waals surface area (Å²) in [5.74, 6) is 0.353. The van der Waals surface area contributed by atoms with E-state index in [-0.39, 0.29) is 11.7 Å². The smallest absolute Gasteiger partial charge is 0.277 e. The third-order valence-corrected chi connectivity index (χ3v) is 5.15. The molecule has 4 rings (SSSR count). The van der Waals surface area contributed by atoms with Crippen LogP contribution in [0, 0.1) is 0 Å². The van der Waals surface area contributed by atoms with Crippen molar-refractivity contribution in [3.8, 4) is 17.2 Å². The average molecular weight is 391 g/mol. The van der Waals surface area contributed by atoms with Gasteiger partial charge in [0.1, 0.15) is 5.75 Å². The maximum absolute atomic E-state index is 12.6. The molecule has 1 atom stereocenters. The minimum Gasteiger partial charge on any atom is -0.508 e. The van der Waals surface area contributed by atoms with Crippen molar-refractivity contribution >= 4 is 34.1 Å². The number of anilines is 1. The number of fused-ring (bicyclic) bond motifs is 1. The van der Waals surface area contributed by atoms with Gasteiger partial charge < -0.3 is 14.8 Å². The van der Waals surface area contributed by atoms with Crippen molar-refractivity contribution in [2.75, 3.05) is 5.32 Å². The van der Waals surface area contributed by atoms with E-state index >= 15 is 0 Å². The molecule has 28 heavy (non-hydrogen) atoms. The molecule has 0 fully saturated rings. The molecular weight excluding hydrogens is 374 g/mol. The number of nitrogens with one attached hydrogen (secondary N) is 1. The van der Waals surface area contributed by atoms with Crippen LogP contribution >= 0.6 is 11.8 Å². The largest absolute Gasteiger partial charge is 0.508 e. The van der Waals surface area contributed by atoms with E-state index in [9.17, 15) is 9.90 Å². The number of phenols is 1. The topological polar surface area (TPSA) is 88.2 Å². The van der Waals surface area contributed by atoms with Gasteiger partial charge in [-0.3, -0.25) is 4.79 Å². The van der Waals surface area contributed by atoms with Crippen LogP contribution in [0.2, 0.25) is 0 Å². The number of carbonyl (C=O) groups is 1. The molecule has 0 aliphatic heterocycles. The van der Waals surface area contributed by atoms with Crippen molar-refractivity contribution in [1.29, 1.82) is 0 Å². The fraction of sp³-hybridized carbons (Fsp3) is 0.0952. The molecule has 0 aliphatic carbocycles. The fourth-order valence-electron chi connectivity index (χ4n) is 2.75. The van der Waals surface area contributed by atoms with Crippen LogP contribution < -0.4 is 5.32 Å². The standard InChI is InChI=1S/C21H17N3O3S/c1-13(19(26)22-18-8-4-6-14-5-2-3-7-17(14)18)28-21-24-23-20(27-21)15-9-11-16(25)12-10-15/h2-13,25H,1H3,(H,22,26). The molecule has 3 aromatic carbocycles. The molecule has 1 amide bonds. The third-order valence-electron chi connectivity index (χ3n) is 4.22. The van der Waals surface area contributed by atoms with Gasteiger partial charge in [-0.2, -0.15) is 0 Å². The van der Waals surface area contributed by atoms with Gasteiger partial charge in [-0.15, -0.1) is 10.2 Å². The Morgan fingerprint density at radius 1 is 1.04 bits per heavy atom. The third kappa shape index (κ3) is 3.84. The van der Waals surface area contributed by atoms with E-state index in [0.717, 1.165) is 16.5 Å². The molecule has 1 unspecified atom stereocenters. The first-order chi connectivity index (χ1) is 13.6. The SMILES string of the molecule is CC(Sc1nnc(-c2ccc(O)cc2)o1)C(=O)Nc1cccc2ccccc12. The minimum absolute atomic E-state index is 0.147. The van der Waals surface area contributed by atoms with E-state index < -0.39 is 5.25 Å². The van der Waals surface area contributed by atoms with Crippen molar-refractivity contribution in [2.24, 2.45) is 0 Å². The summed E-state index contributed by atoms with van der Waals surface area (Å²) < 4.78 is 5.63. The Balaban J connectivity index is 1.45. The number of nitrogens with zero attached hydrogens (tertiary/aromatic N) is 2. The second-order valence-electron chi connectivity index (χ2n) is 6.20. The van der Waals surface area contributed by atoms with Crippen molar-refractivity contribution < 1.29 is 14.3 Å². The molecule has 0 spiro atoms. The predicted molar refractivity (Wildman–Crippen MR) is 109 cm³/mol. The maximum Gasteiger partial charge on any atom is 0.277 e. The molecule has 6 nitrogen and oxygen atoms in total. The zero-order chi connectivity index (χ0) is 19.5. The molecule has 7 heteroatoms. The molecule has 0 saturated carbocycles. The van der Waals surface area contributed by atoms with Gasteiger partial charge in [0.25, 0.3) is 5.22 Å². The van der Waals surface area contributed by atoms with Crippen LogP contribution in [0.15, 0.2) is 76.4 Å². The number of aromatic hydroxyl groups is 1. The zero-order valence-electron chi connectivity index (χ0n) is 15.0. The van der Waals surface area contributed by atoms with Gasteiger partial charge in [0, 0.05) is 16.6 Å². The first-order valence-corrected chi connectivity index (χ1v) is 9.56. The Morgan fingerprint density at radius 3 is 2.61 bits per heavy atom. The van der Waals surface area contributed by atoms with Gasteiger partial charge >= 0.3 is 0 Å². The van der Waals surface area contributed by atoms with Crippen LogP contribution in [0.25, 0.3) is 22.2 Å². The minimum atomic E-state index is -0.424. The van der Waals surface area contributed by atoms with Crippen LogP contribution in [0.3, 0.4) is 0 Å². The summed E-state index contributed by atoms with van der Waals surface area (Å²) in [6, 6.07) is 20.2. The number of thioether (sulfide) groups is 1. The molecular formula is C21H17N3O3S. The lowest BCUT2D eigenvalue weighted by atomic mass is 10.1. The summed E-state index contributed by atoms with van der Waals surface area (Å²) >= 11 is 1.19. The van der Waals surface area contributed by atoms with Crippen molar-refractivity contribution in [1.82, 2.24) is 10.2 Å². The molecule has 140 valence electrons. The van der Waals surface area contributed by atoms with Crippen molar-refractivity contribution in [3.05, 3.63) is 66.7 Å². The van der Waals surface area contributed by atoms with Crippen LogP contribution in [-0.2, 0) is 4.79 Å². The van der Waals surface area contributed by atoms with Crippen LogP contribution in [0.5, 0.6) is 5.75 Å². The first-order valence-electron chi connectivity index (χ1n) is 8.68. The van der Waals surface area contributed by atoms with Gasteiger partial charge in [0.05, 0.1) is 5.25 Å². The van der Waals surface area contributed by atoms with Crippen LogP contribution in [0.1, 0.15) is 6.92 Å². The Labute approximate surface area is 165 Å². The molecule has 0 aliphatic rings. The number of benzene rings is 3. The van der Waals surface area contributed by atoms with Gasteiger partial charge in [-0.25, -0.2) is 0 Å². The van der Waals surface area contributed by atoms with E-state index in [1.807, 2.05) is 42.5 Å². The Kier molecular flexibility index (Phi) is 4.99. The molecule has 0 saturated heterocycles. The fourth-order valence-corrected chi connectivity index (χ4v) is 3.44. The lowest BCUT2D eigenvalue weighted by Gasteiger charge is -2.12. The summed E-state index contributed by atoms with van der Waals surface area (Å²) in [5.41, 5.74) is 1.47. The zero-order valence-corrected chi connectivity index (χ0v) is 15.8. The number of carbonyl (C=O) groups excluding carboxylic acids is 1. The number of aromatic nitrogens is 2. The van der Waals surface area contributed by atoms with Crippen molar-refractivity contribution in [2.45, 2.75) is 17.4 Å². The molecule has 0 radical (unpaired) electrons. The number of amides is 1. The number of rotatable bonds is 5. The van der Waals surface area contributed by atoms with E-state index in [1.54, 1.807) is 31.2 Å². The molecule has 1 aromatic heterocycles. The quantitative estimate of drug-likeness (QED) is 0.479. The number of phenolic OH excluding ortho intramolecular Hbond substituents is 1. The van der Waals surface area contributed by atoms with Gasteiger partial charge in [-0.1, -0.05) is 48.2 Å². The monoisotopic (exact) mass is 391 g/mol. The summed E-state index contributed by atoms with van der Waals surface area (Å²) in [4.78, 5) is 12.6. The summed E-state index contributed by atoms with van der Waals surface area (Å²) in [5, 5.41) is 22.3. The van der Waals surface area contributed by atoms with E-state index in [2.05, 4.69) is 15.5 Å². The lowest BCUT2D eigenvalue weighted by Crippen LogP contribution is -2.22. The highest BCUT2D eigenvalue weighted by atomic mass is 32.2. The second-order valence-corrected chi connectivity index (χ2v) is 7.49. The van der Waals surface area contributed by atoms with E-state index in [1.165, 1.54) is 11.8 Å². The van der Waals surface area contributed by atoms with Crippen molar-refractivity contribution in [3.63, 3.8) is 0 Å². The number of hydrogen-bond acceptors (Lipinski definition) is 6. The summed E-state index contributed by atoms with van der Waals surface area (Å²) in [7, 11) is 0. The van der Waals surface area contributed by atoms with Gasteiger partial charge in [0.2, 0.25) is 11.8 Å². The Hall–Kier alpha value is -3.32. The summed E-state index contributed by atoms with van der Waals surface area (Å²) in [6.45, 7) is 1.79. The molecule has 0 bridgehead atoms. The van der Waals surface area contributed by atoms with Gasteiger partial charge in [0.15, 0.2) is 0 Å². The van der Waals surface area contributed by atoms with E-state index in [0.29, 0.717) is 16.7 Å². The highest BCUT2D eigenvalue weighted by Crippen LogP contribution is 2.28. The Morgan fingerprint density at radius 2 is 1.79 bits per heavy atom. The molecule has 4 aromatic rings. The highest BCUT2D eigenvalue weighted by molar-refractivity contribution is 8.00. The summed E-state index contributed by atoms with van der Waals surface area (Å²) in [6.07, 6.45) is 0. The maximum atomic E-state index is 12.6. The van der Waals surface area contributed by atoms with Crippen LogP contribution in [0.4, 0.5) is 5.69 Å². The predicted octanol–water partition coefficient (Wildman–Crippen LogP) is 4.71. The van der Waals surface area contributed by atoms with Crippen LogP contribution in [-0.4, -0.2) is 26.5 Å². The second kappa shape index (κ2) is 7.74. The average Bonchev–Trinajstić information content (AvgIpc) is 3.17. The lowest BCUT2D eigenvalue weighted by molar-refractivity contribution is -0.115. The van der Waals surface area contributed by atoms with Gasteiger partial charge in [-0.05, 0) is 42.6 Å². The highest BCUT2D eigenvalue weighted by Gasteiger charge is 2.19. The molecule has 2 N–H and O–H groups in total. The Bertz CT molecular complexity index is 1120. The molecule has 1 heterocycles. The number of hydrogen-bond donors (Lipinski definition) is 2. The first kappa shape index (κ1) is 18.1.